The molecule has 0 fully saturated rings. The molecule has 0 aliphatic carbocycles. The van der Waals surface area contributed by atoms with Gasteiger partial charge in [0.05, 0.1) is 17.2 Å². The fraction of sp³-hybridized carbons (Fsp3) is 0.320. The molecule has 0 bridgehead atoms. The van der Waals surface area contributed by atoms with Crippen molar-refractivity contribution in [3.8, 4) is 17.2 Å². The summed E-state index contributed by atoms with van der Waals surface area (Å²) in [5.74, 6) is 0.795. The molecule has 0 heterocycles. The lowest BCUT2D eigenvalue weighted by molar-refractivity contribution is 0.0441. The highest BCUT2D eigenvalue weighted by Gasteiger charge is 2.25. The summed E-state index contributed by atoms with van der Waals surface area (Å²) >= 11 is 12.1. The third-order valence-electron chi connectivity index (χ3n) is 4.51. The molecule has 178 valence electrons. The van der Waals surface area contributed by atoms with Gasteiger partial charge in [-0.2, -0.15) is 0 Å². The zero-order chi connectivity index (χ0) is 24.4. The van der Waals surface area contributed by atoms with Crippen LogP contribution in [0.25, 0.3) is 6.08 Å². The SMILES string of the molecule is COCOc1cc(OC)c(C(=O)C=Cc2ccc(Cl)c(Cl)c2)c(OCOC)c1CC=C(C)C. The lowest BCUT2D eigenvalue weighted by Crippen LogP contribution is -2.12. The van der Waals surface area contributed by atoms with Gasteiger partial charge in [0.15, 0.2) is 19.4 Å². The first kappa shape index (κ1) is 26.7. The molecular formula is C25H28Cl2O6. The molecule has 8 heteroatoms. The molecule has 6 nitrogen and oxygen atoms in total. The minimum Gasteiger partial charge on any atom is -0.496 e. The van der Waals surface area contributed by atoms with Crippen molar-refractivity contribution in [3.63, 3.8) is 0 Å². The van der Waals surface area contributed by atoms with Crippen LogP contribution in [0.15, 0.2) is 42.0 Å². The van der Waals surface area contributed by atoms with Gasteiger partial charge in [-0.1, -0.05) is 47.0 Å². The molecule has 2 aromatic carbocycles. The van der Waals surface area contributed by atoms with Crippen LogP contribution in [0.3, 0.4) is 0 Å². The Hall–Kier alpha value is -2.51. The number of allylic oxidation sites excluding steroid dienone is 3. The minimum atomic E-state index is -0.319. The van der Waals surface area contributed by atoms with E-state index < -0.39 is 0 Å². The Morgan fingerprint density at radius 1 is 0.939 bits per heavy atom. The van der Waals surface area contributed by atoms with Crippen LogP contribution in [0.4, 0.5) is 0 Å². The number of rotatable bonds is 12. The Bertz CT molecular complexity index is 1030. The molecular weight excluding hydrogens is 467 g/mol. The van der Waals surface area contributed by atoms with Crippen molar-refractivity contribution in [2.45, 2.75) is 20.3 Å². The summed E-state index contributed by atoms with van der Waals surface area (Å²) in [6.07, 6.45) is 5.56. The number of ketones is 1. The fourth-order valence-corrected chi connectivity index (χ4v) is 3.25. The molecule has 2 aromatic rings. The molecule has 0 saturated carbocycles. The predicted molar refractivity (Wildman–Crippen MR) is 131 cm³/mol. The van der Waals surface area contributed by atoms with E-state index in [9.17, 15) is 4.79 Å². The van der Waals surface area contributed by atoms with E-state index in [1.165, 1.54) is 27.4 Å². The van der Waals surface area contributed by atoms with Crippen molar-refractivity contribution in [1.82, 2.24) is 0 Å². The van der Waals surface area contributed by atoms with Gasteiger partial charge in [-0.05, 0) is 44.0 Å². The standard InChI is InChI=1S/C25H28Cl2O6/c1-16(2)6-9-18-22(32-14-29-3)13-23(31-5)24(25(18)33-15-30-4)21(28)11-8-17-7-10-19(26)20(27)12-17/h6-8,10-13H,9,14-15H2,1-5H3. The molecule has 0 atom stereocenters. The minimum absolute atomic E-state index is 0.0270. The van der Waals surface area contributed by atoms with Crippen LogP contribution in [0.2, 0.25) is 10.0 Å². The summed E-state index contributed by atoms with van der Waals surface area (Å²) in [5.41, 5.74) is 2.76. The smallest absolute Gasteiger partial charge is 0.193 e. The van der Waals surface area contributed by atoms with Gasteiger partial charge in [-0.15, -0.1) is 0 Å². The van der Waals surface area contributed by atoms with E-state index in [1.54, 1.807) is 30.3 Å². The highest BCUT2D eigenvalue weighted by atomic mass is 35.5. The topological polar surface area (TPSA) is 63.2 Å². The lowest BCUT2D eigenvalue weighted by atomic mass is 9.99. The normalized spacial score (nSPS) is 10.9. The number of methoxy groups -OCH3 is 3. The summed E-state index contributed by atoms with van der Waals surface area (Å²) in [4.78, 5) is 13.3. The molecule has 0 unspecified atom stereocenters. The average Bonchev–Trinajstić information content (AvgIpc) is 2.80. The van der Waals surface area contributed by atoms with Crippen molar-refractivity contribution in [3.05, 3.63) is 68.7 Å². The number of carbonyl (C=O) groups excluding carboxylic acids is 1. The largest absolute Gasteiger partial charge is 0.496 e. The quantitative estimate of drug-likeness (QED) is 0.148. The van der Waals surface area contributed by atoms with Gasteiger partial charge in [0, 0.05) is 25.8 Å². The van der Waals surface area contributed by atoms with E-state index in [-0.39, 0.29) is 24.9 Å². The number of carbonyl (C=O) groups is 1. The van der Waals surface area contributed by atoms with Gasteiger partial charge in [0.2, 0.25) is 0 Å². The van der Waals surface area contributed by atoms with Crippen molar-refractivity contribution in [2.75, 3.05) is 34.9 Å². The number of ether oxygens (including phenoxy) is 5. The van der Waals surface area contributed by atoms with Crippen LogP contribution in [-0.2, 0) is 15.9 Å². The second kappa shape index (κ2) is 13.3. The molecule has 0 saturated heterocycles. The molecule has 2 rings (SSSR count). The Morgan fingerprint density at radius 2 is 1.64 bits per heavy atom. The van der Waals surface area contributed by atoms with Crippen LogP contribution in [0, 0.1) is 0 Å². The second-order valence-electron chi connectivity index (χ2n) is 7.22. The van der Waals surface area contributed by atoms with Crippen LogP contribution >= 0.6 is 23.2 Å². The molecule has 0 amide bonds. The maximum atomic E-state index is 13.3. The van der Waals surface area contributed by atoms with Crippen molar-refractivity contribution in [2.24, 2.45) is 0 Å². The third-order valence-corrected chi connectivity index (χ3v) is 5.25. The van der Waals surface area contributed by atoms with Gasteiger partial charge in [0.1, 0.15) is 22.8 Å². The Morgan fingerprint density at radius 3 is 2.24 bits per heavy atom. The summed E-state index contributed by atoms with van der Waals surface area (Å²) < 4.78 is 27.3. The van der Waals surface area contributed by atoms with Crippen LogP contribution in [0.1, 0.15) is 35.3 Å². The average molecular weight is 495 g/mol. The molecule has 0 spiro atoms. The number of hydrogen-bond donors (Lipinski definition) is 0. The van der Waals surface area contributed by atoms with Crippen LogP contribution < -0.4 is 14.2 Å². The molecule has 0 N–H and O–H groups in total. The summed E-state index contributed by atoms with van der Waals surface area (Å²) in [7, 11) is 4.51. The summed E-state index contributed by atoms with van der Waals surface area (Å²) in [5, 5.41) is 0.837. The highest BCUT2D eigenvalue weighted by Crippen LogP contribution is 2.41. The van der Waals surface area contributed by atoms with E-state index in [4.69, 9.17) is 46.9 Å². The number of benzene rings is 2. The van der Waals surface area contributed by atoms with Crippen LogP contribution in [0.5, 0.6) is 17.2 Å². The Kier molecular flexibility index (Phi) is 10.7. The summed E-state index contributed by atoms with van der Waals surface area (Å²) in [6.45, 7) is 3.94. The molecule has 0 aliphatic heterocycles. The van der Waals surface area contributed by atoms with Crippen LogP contribution in [-0.4, -0.2) is 40.7 Å². The highest BCUT2D eigenvalue weighted by molar-refractivity contribution is 6.42. The molecule has 33 heavy (non-hydrogen) atoms. The monoisotopic (exact) mass is 494 g/mol. The first-order valence-electron chi connectivity index (χ1n) is 10.1. The van der Waals surface area contributed by atoms with Crippen molar-refractivity contribution < 1.29 is 28.5 Å². The van der Waals surface area contributed by atoms with E-state index in [0.29, 0.717) is 39.3 Å². The van der Waals surface area contributed by atoms with Crippen molar-refractivity contribution >= 4 is 35.1 Å². The van der Waals surface area contributed by atoms with E-state index >= 15 is 0 Å². The molecule has 0 aromatic heterocycles. The van der Waals surface area contributed by atoms with E-state index in [2.05, 4.69) is 0 Å². The molecule has 0 aliphatic rings. The first-order chi connectivity index (χ1) is 15.8. The molecule has 0 radical (unpaired) electrons. The fourth-order valence-electron chi connectivity index (χ4n) is 2.95. The Balaban J connectivity index is 2.62. The zero-order valence-electron chi connectivity index (χ0n) is 19.4. The van der Waals surface area contributed by atoms with Gasteiger partial charge in [-0.25, -0.2) is 0 Å². The van der Waals surface area contributed by atoms with Gasteiger partial charge < -0.3 is 23.7 Å². The number of halogens is 2. The van der Waals surface area contributed by atoms with Gasteiger partial charge in [-0.3, -0.25) is 4.79 Å². The third kappa shape index (κ3) is 7.51. The van der Waals surface area contributed by atoms with E-state index in [0.717, 1.165) is 11.1 Å². The van der Waals surface area contributed by atoms with Gasteiger partial charge >= 0.3 is 0 Å². The van der Waals surface area contributed by atoms with E-state index in [1.807, 2.05) is 19.9 Å². The first-order valence-corrected chi connectivity index (χ1v) is 10.9. The predicted octanol–water partition coefficient (Wildman–Crippen LogP) is 6.37. The maximum Gasteiger partial charge on any atom is 0.193 e. The summed E-state index contributed by atoms with van der Waals surface area (Å²) in [6, 6.07) is 6.77. The maximum absolute atomic E-state index is 13.3. The van der Waals surface area contributed by atoms with Gasteiger partial charge in [0.25, 0.3) is 0 Å². The zero-order valence-corrected chi connectivity index (χ0v) is 20.9. The second-order valence-corrected chi connectivity index (χ2v) is 8.03. The Labute approximate surface area is 204 Å². The van der Waals surface area contributed by atoms with Crippen molar-refractivity contribution in [1.29, 1.82) is 0 Å². The number of hydrogen-bond acceptors (Lipinski definition) is 6. The lowest BCUT2D eigenvalue weighted by Gasteiger charge is -2.20.